The maximum atomic E-state index is 10.7. The van der Waals surface area contributed by atoms with Crippen molar-refractivity contribution in [1.29, 1.82) is 0 Å². The Labute approximate surface area is 61.6 Å². The van der Waals surface area contributed by atoms with Crippen LogP contribution in [0.15, 0.2) is 12.7 Å². The lowest BCUT2D eigenvalue weighted by Gasteiger charge is -2.13. The van der Waals surface area contributed by atoms with Gasteiger partial charge in [-0.1, -0.05) is 20.4 Å². The zero-order chi connectivity index (χ0) is 7.49. The minimum Gasteiger partial charge on any atom is -0.295 e. The van der Waals surface area contributed by atoms with Crippen molar-refractivity contribution in [2.45, 2.75) is 25.0 Å². The molecule has 0 fully saturated rings. The molecule has 0 rings (SSSR count). The van der Waals surface area contributed by atoms with E-state index in [-0.39, 0.29) is 10.5 Å². The van der Waals surface area contributed by atoms with Gasteiger partial charge in [-0.05, 0) is 6.08 Å². The Hall–Kier alpha value is -0.240. The third kappa shape index (κ3) is 5.63. The van der Waals surface area contributed by atoms with Crippen molar-refractivity contribution in [3.63, 3.8) is 0 Å². The maximum absolute atomic E-state index is 10.7. The minimum absolute atomic E-state index is 0.0509. The van der Waals surface area contributed by atoms with E-state index in [1.54, 1.807) is 0 Å². The standard InChI is InChI=1S/C7H12OS/c1-4-6(8)5-7(2,3)9/h4,9H,1,5H2,2-3H3. The molecular formula is C7H12OS. The summed E-state index contributed by atoms with van der Waals surface area (Å²) >= 11 is 4.18. The molecule has 0 saturated carbocycles. The first-order valence-electron chi connectivity index (χ1n) is 2.83. The molecule has 0 aromatic carbocycles. The van der Waals surface area contributed by atoms with Gasteiger partial charge in [0.15, 0.2) is 5.78 Å². The summed E-state index contributed by atoms with van der Waals surface area (Å²) in [7, 11) is 0. The molecule has 0 aliphatic rings. The van der Waals surface area contributed by atoms with Gasteiger partial charge < -0.3 is 0 Å². The Morgan fingerprint density at radius 3 is 2.33 bits per heavy atom. The fraction of sp³-hybridized carbons (Fsp3) is 0.571. The summed E-state index contributed by atoms with van der Waals surface area (Å²) in [6, 6.07) is 0. The molecule has 0 spiro atoms. The average molecular weight is 144 g/mol. The Balaban J connectivity index is 3.74. The molecule has 1 nitrogen and oxygen atoms in total. The van der Waals surface area contributed by atoms with Crippen molar-refractivity contribution in [2.24, 2.45) is 0 Å². The molecule has 0 saturated heterocycles. The predicted molar refractivity (Wildman–Crippen MR) is 42.9 cm³/mol. The van der Waals surface area contributed by atoms with E-state index in [2.05, 4.69) is 19.2 Å². The van der Waals surface area contributed by atoms with E-state index in [1.165, 1.54) is 6.08 Å². The van der Waals surface area contributed by atoms with Crippen molar-refractivity contribution >= 4 is 18.4 Å². The van der Waals surface area contributed by atoms with Crippen LogP contribution in [-0.4, -0.2) is 10.5 Å². The lowest BCUT2D eigenvalue weighted by Crippen LogP contribution is -2.14. The number of hydrogen-bond acceptors (Lipinski definition) is 2. The predicted octanol–water partition coefficient (Wildman–Crippen LogP) is 1.84. The fourth-order valence-corrected chi connectivity index (χ4v) is 0.654. The smallest absolute Gasteiger partial charge is 0.156 e. The molecule has 0 radical (unpaired) electrons. The monoisotopic (exact) mass is 144 g/mol. The minimum atomic E-state index is -0.203. The molecule has 0 N–H and O–H groups in total. The Bertz CT molecular complexity index is 121. The van der Waals surface area contributed by atoms with Gasteiger partial charge in [-0.2, -0.15) is 12.6 Å². The van der Waals surface area contributed by atoms with Crippen LogP contribution in [0.3, 0.4) is 0 Å². The number of carbonyl (C=O) groups excluding carboxylic acids is 1. The van der Waals surface area contributed by atoms with Gasteiger partial charge in [-0.25, -0.2) is 0 Å². The molecule has 0 aromatic rings. The van der Waals surface area contributed by atoms with Crippen LogP contribution in [0.4, 0.5) is 0 Å². The molecule has 0 heterocycles. The highest BCUT2D eigenvalue weighted by Gasteiger charge is 2.13. The molecule has 0 aliphatic heterocycles. The van der Waals surface area contributed by atoms with Gasteiger partial charge in [0.05, 0.1) is 0 Å². The SMILES string of the molecule is C=CC(=O)CC(C)(C)S. The van der Waals surface area contributed by atoms with Gasteiger partial charge in [-0.15, -0.1) is 0 Å². The fourth-order valence-electron chi connectivity index (χ4n) is 0.499. The number of ketones is 1. The van der Waals surface area contributed by atoms with Gasteiger partial charge in [0.1, 0.15) is 0 Å². The van der Waals surface area contributed by atoms with Crippen LogP contribution in [0.25, 0.3) is 0 Å². The second kappa shape index (κ2) is 3.06. The van der Waals surface area contributed by atoms with Gasteiger partial charge in [0.25, 0.3) is 0 Å². The van der Waals surface area contributed by atoms with Gasteiger partial charge in [0.2, 0.25) is 0 Å². The summed E-state index contributed by atoms with van der Waals surface area (Å²) in [5.41, 5.74) is 0. The van der Waals surface area contributed by atoms with E-state index >= 15 is 0 Å². The molecule has 0 bridgehead atoms. The Kier molecular flexibility index (Phi) is 2.98. The van der Waals surface area contributed by atoms with E-state index in [0.29, 0.717) is 6.42 Å². The molecule has 0 amide bonds. The van der Waals surface area contributed by atoms with Crippen LogP contribution >= 0.6 is 12.6 Å². The first kappa shape index (κ1) is 8.76. The number of carbonyl (C=O) groups is 1. The topological polar surface area (TPSA) is 17.1 Å². The van der Waals surface area contributed by atoms with Gasteiger partial charge in [0, 0.05) is 11.2 Å². The average Bonchev–Trinajstić information content (AvgIpc) is 1.62. The number of allylic oxidation sites excluding steroid dienone is 1. The van der Waals surface area contributed by atoms with Gasteiger partial charge >= 0.3 is 0 Å². The first-order valence-corrected chi connectivity index (χ1v) is 3.28. The second-order valence-corrected chi connectivity index (χ2v) is 3.87. The van der Waals surface area contributed by atoms with Crippen LogP contribution in [-0.2, 0) is 4.79 Å². The van der Waals surface area contributed by atoms with Crippen molar-refractivity contribution in [3.8, 4) is 0 Å². The lowest BCUT2D eigenvalue weighted by atomic mass is 10.1. The molecule has 0 aliphatic carbocycles. The zero-order valence-electron chi connectivity index (χ0n) is 5.85. The highest BCUT2D eigenvalue weighted by Crippen LogP contribution is 2.16. The number of hydrogen-bond donors (Lipinski definition) is 1. The third-order valence-electron chi connectivity index (χ3n) is 0.835. The van der Waals surface area contributed by atoms with E-state index in [9.17, 15) is 4.79 Å². The molecule has 0 atom stereocenters. The van der Waals surface area contributed by atoms with Crippen molar-refractivity contribution in [1.82, 2.24) is 0 Å². The van der Waals surface area contributed by atoms with Crippen molar-refractivity contribution in [3.05, 3.63) is 12.7 Å². The van der Waals surface area contributed by atoms with Crippen molar-refractivity contribution < 1.29 is 4.79 Å². The molecule has 0 aromatic heterocycles. The summed E-state index contributed by atoms with van der Waals surface area (Å²) < 4.78 is -0.203. The summed E-state index contributed by atoms with van der Waals surface area (Å²) in [5, 5.41) is 0. The lowest BCUT2D eigenvalue weighted by molar-refractivity contribution is -0.114. The largest absolute Gasteiger partial charge is 0.295 e. The second-order valence-electron chi connectivity index (χ2n) is 2.66. The van der Waals surface area contributed by atoms with E-state index in [1.807, 2.05) is 13.8 Å². The summed E-state index contributed by atoms with van der Waals surface area (Å²) in [6.45, 7) is 7.16. The van der Waals surface area contributed by atoms with Crippen LogP contribution in [0, 0.1) is 0 Å². The van der Waals surface area contributed by atoms with Crippen LogP contribution < -0.4 is 0 Å². The molecule has 52 valence electrons. The van der Waals surface area contributed by atoms with E-state index < -0.39 is 0 Å². The summed E-state index contributed by atoms with van der Waals surface area (Å²) in [6.07, 6.45) is 1.79. The van der Waals surface area contributed by atoms with Crippen molar-refractivity contribution in [2.75, 3.05) is 0 Å². The molecule has 9 heavy (non-hydrogen) atoms. The quantitative estimate of drug-likeness (QED) is 0.472. The van der Waals surface area contributed by atoms with E-state index in [0.717, 1.165) is 0 Å². The highest BCUT2D eigenvalue weighted by atomic mass is 32.1. The zero-order valence-corrected chi connectivity index (χ0v) is 6.74. The third-order valence-corrected chi connectivity index (χ3v) is 0.993. The first-order chi connectivity index (χ1) is 3.95. The Morgan fingerprint density at radius 2 is 2.22 bits per heavy atom. The van der Waals surface area contributed by atoms with Crippen LogP contribution in [0.1, 0.15) is 20.3 Å². The molecular weight excluding hydrogens is 132 g/mol. The van der Waals surface area contributed by atoms with E-state index in [4.69, 9.17) is 0 Å². The number of thiol groups is 1. The normalized spacial score (nSPS) is 11.0. The summed E-state index contributed by atoms with van der Waals surface area (Å²) in [5.74, 6) is 0.0509. The number of rotatable bonds is 3. The van der Waals surface area contributed by atoms with Gasteiger partial charge in [-0.3, -0.25) is 4.79 Å². The van der Waals surface area contributed by atoms with Crippen LogP contribution in [0.5, 0.6) is 0 Å². The highest BCUT2D eigenvalue weighted by molar-refractivity contribution is 7.81. The molecule has 2 heteroatoms. The maximum Gasteiger partial charge on any atom is 0.156 e. The Morgan fingerprint density at radius 1 is 1.78 bits per heavy atom. The summed E-state index contributed by atoms with van der Waals surface area (Å²) in [4.78, 5) is 10.7. The van der Waals surface area contributed by atoms with Crippen LogP contribution in [0.2, 0.25) is 0 Å². The molecule has 0 unspecified atom stereocenters.